The highest BCUT2D eigenvalue weighted by atomic mass is 16.5. The average molecular weight is 763 g/mol. The first kappa shape index (κ1) is 40.7. The number of rotatable bonds is 7. The molecule has 1 fully saturated rings. The lowest BCUT2D eigenvalue weighted by Gasteiger charge is -2.18. The number of nitrogens with zero attached hydrogens (tertiary/aromatic N) is 4. The Labute approximate surface area is 341 Å². The molecule has 7 heteroatoms. The summed E-state index contributed by atoms with van der Waals surface area (Å²) in [6.45, 7) is 27.3. The highest BCUT2D eigenvalue weighted by molar-refractivity contribution is 5.88. The fourth-order valence-electron chi connectivity index (χ4n) is 7.15. The fourth-order valence-corrected chi connectivity index (χ4v) is 7.15. The van der Waals surface area contributed by atoms with E-state index >= 15 is 0 Å². The maximum absolute atomic E-state index is 12.6. The van der Waals surface area contributed by atoms with Crippen molar-refractivity contribution in [1.82, 2.24) is 4.90 Å². The zero-order chi connectivity index (χ0) is 41.0. The van der Waals surface area contributed by atoms with Gasteiger partial charge < -0.3 is 14.4 Å². The lowest BCUT2D eigenvalue weighted by molar-refractivity contribution is -0.142. The van der Waals surface area contributed by atoms with Crippen LogP contribution in [0.1, 0.15) is 41.5 Å². The number of fused-ring (bicyclic) bond motifs is 3. The van der Waals surface area contributed by atoms with Gasteiger partial charge in [-0.25, -0.2) is 14.5 Å². The smallest absolute Gasteiger partial charge is 0.313 e. The van der Waals surface area contributed by atoms with E-state index in [0.717, 1.165) is 64.4 Å². The maximum atomic E-state index is 12.6. The number of carbonyl (C=O) groups excluding carboxylic acids is 1. The Hall–Kier alpha value is -6.98. The molecule has 288 valence electrons. The van der Waals surface area contributed by atoms with E-state index in [-0.39, 0.29) is 12.1 Å². The number of hydrogen-bond acceptors (Lipinski definition) is 4. The van der Waals surface area contributed by atoms with Crippen molar-refractivity contribution in [3.8, 4) is 5.75 Å². The zero-order valence-corrected chi connectivity index (χ0v) is 33.4. The van der Waals surface area contributed by atoms with Crippen LogP contribution in [0.2, 0.25) is 0 Å². The molecule has 58 heavy (non-hydrogen) atoms. The van der Waals surface area contributed by atoms with E-state index in [9.17, 15) is 4.79 Å². The van der Waals surface area contributed by atoms with E-state index in [4.69, 9.17) is 29.2 Å². The summed E-state index contributed by atoms with van der Waals surface area (Å²) < 4.78 is 11.2. The number of hydrogen-bond donors (Lipinski definition) is 0. The molecular weight excluding hydrogens is 717 g/mol. The third-order valence-electron chi connectivity index (χ3n) is 10.4. The molecule has 0 saturated carbocycles. The van der Waals surface area contributed by atoms with Crippen molar-refractivity contribution in [2.24, 2.45) is 0 Å². The van der Waals surface area contributed by atoms with E-state index in [1.54, 1.807) is 0 Å². The molecule has 1 saturated heterocycles. The van der Waals surface area contributed by atoms with Crippen LogP contribution in [0.3, 0.4) is 0 Å². The first-order valence-electron chi connectivity index (χ1n) is 19.4. The first-order valence-corrected chi connectivity index (χ1v) is 19.4. The van der Waals surface area contributed by atoms with Gasteiger partial charge in [-0.15, -0.1) is 0 Å². The highest BCUT2D eigenvalue weighted by Gasteiger charge is 2.24. The summed E-state index contributed by atoms with van der Waals surface area (Å²) in [6.07, 6.45) is 2.81. The van der Waals surface area contributed by atoms with Gasteiger partial charge in [-0.3, -0.25) is 4.79 Å². The third-order valence-corrected chi connectivity index (χ3v) is 10.4. The van der Waals surface area contributed by atoms with E-state index in [1.165, 1.54) is 29.0 Å². The molecule has 0 bridgehead atoms. The lowest BCUT2D eigenvalue weighted by Crippen LogP contribution is -2.21. The normalized spacial score (nSPS) is 13.8. The predicted octanol–water partition coefficient (Wildman–Crippen LogP) is 12.6. The van der Waals surface area contributed by atoms with Crippen molar-refractivity contribution in [3.05, 3.63) is 190 Å². The Kier molecular flexibility index (Phi) is 13.5. The number of esters is 1. The molecule has 2 atom stereocenters. The Morgan fingerprint density at radius 2 is 1.17 bits per heavy atom. The van der Waals surface area contributed by atoms with Crippen LogP contribution in [0.4, 0.5) is 17.1 Å². The van der Waals surface area contributed by atoms with Gasteiger partial charge in [-0.2, -0.15) is 0 Å². The third kappa shape index (κ3) is 10.4. The molecule has 7 aromatic carbocycles. The standard InChI is InChI=1S/C26H26N2O3.C13H11N.C12H9N/c1-27-22-9-6-19-5-4-18(14-21(19)16-22)15-25(26(29)30-3)20-7-10-23(11-8-20)31-24-12-13-28(2)17-24;1-3-10-4-5-11-6-7-13(14-2)9-12(11)8-10;1-9-3-4-10-5-6-12(13-2)8-11(10)7-9/h4-11,14,16,24-25H,12-13,15,17H2,2-3H3;4-9H,3H2,1H3;3-8H,1H3. The molecule has 0 N–H and O–H groups in total. The molecule has 0 amide bonds. The van der Waals surface area contributed by atoms with Crippen molar-refractivity contribution in [1.29, 1.82) is 0 Å². The topological polar surface area (TPSA) is 51.9 Å². The monoisotopic (exact) mass is 762 g/mol. The predicted molar refractivity (Wildman–Crippen MR) is 236 cm³/mol. The number of aryl methyl sites for hydroxylation is 2. The number of benzene rings is 7. The van der Waals surface area contributed by atoms with Gasteiger partial charge in [0.15, 0.2) is 17.1 Å². The van der Waals surface area contributed by atoms with Crippen LogP contribution >= 0.6 is 0 Å². The first-order chi connectivity index (χ1) is 28.2. The molecule has 7 nitrogen and oxygen atoms in total. The summed E-state index contributed by atoms with van der Waals surface area (Å²) in [7, 11) is 3.52. The number of likely N-dealkylation sites (N-methyl/N-ethyl adjacent to an activating group) is 1. The minimum absolute atomic E-state index is 0.213. The Morgan fingerprint density at radius 3 is 1.67 bits per heavy atom. The van der Waals surface area contributed by atoms with Crippen molar-refractivity contribution >= 4 is 55.3 Å². The molecular formula is C51H46N4O3. The van der Waals surface area contributed by atoms with Gasteiger partial charge in [0.05, 0.1) is 32.7 Å². The van der Waals surface area contributed by atoms with Crippen molar-refractivity contribution < 1.29 is 14.3 Å². The van der Waals surface area contributed by atoms with Crippen LogP contribution in [0.15, 0.2) is 133 Å². The summed E-state index contributed by atoms with van der Waals surface area (Å²) >= 11 is 0. The van der Waals surface area contributed by atoms with Crippen molar-refractivity contribution in [2.45, 2.75) is 45.1 Å². The molecule has 0 aliphatic carbocycles. The van der Waals surface area contributed by atoms with E-state index in [2.05, 4.69) is 76.7 Å². The van der Waals surface area contributed by atoms with Crippen LogP contribution in [-0.4, -0.2) is 44.2 Å². The summed E-state index contributed by atoms with van der Waals surface area (Å²) in [5.74, 6) is 0.157. The van der Waals surface area contributed by atoms with Crippen LogP contribution in [0.5, 0.6) is 5.75 Å². The second kappa shape index (κ2) is 19.2. The van der Waals surface area contributed by atoms with Gasteiger partial charge in [0.25, 0.3) is 0 Å². The molecule has 1 aliphatic rings. The second-order valence-corrected chi connectivity index (χ2v) is 14.6. The Morgan fingerprint density at radius 1 is 0.672 bits per heavy atom. The van der Waals surface area contributed by atoms with Crippen LogP contribution in [0, 0.1) is 26.6 Å². The van der Waals surface area contributed by atoms with Gasteiger partial charge in [0.1, 0.15) is 11.9 Å². The number of ether oxygens (including phenoxy) is 2. The molecule has 0 aromatic heterocycles. The van der Waals surface area contributed by atoms with Gasteiger partial charge in [0.2, 0.25) is 0 Å². The number of likely N-dealkylation sites (tertiary alicyclic amines) is 1. The van der Waals surface area contributed by atoms with Crippen molar-refractivity contribution in [3.63, 3.8) is 0 Å². The Bertz CT molecular complexity index is 2680. The van der Waals surface area contributed by atoms with E-state index < -0.39 is 5.92 Å². The van der Waals surface area contributed by atoms with E-state index in [1.807, 2.05) is 97.1 Å². The van der Waals surface area contributed by atoms with Gasteiger partial charge in [-0.05, 0) is 113 Å². The zero-order valence-electron chi connectivity index (χ0n) is 33.4. The highest BCUT2D eigenvalue weighted by Crippen LogP contribution is 2.29. The molecule has 0 spiro atoms. The van der Waals surface area contributed by atoms with Crippen LogP contribution in [0.25, 0.3) is 46.9 Å². The van der Waals surface area contributed by atoms with Crippen LogP contribution in [-0.2, 0) is 22.4 Å². The largest absolute Gasteiger partial charge is 0.489 e. The maximum Gasteiger partial charge on any atom is 0.313 e. The molecule has 1 aliphatic heterocycles. The summed E-state index contributed by atoms with van der Waals surface area (Å²) in [4.78, 5) is 25.2. The molecule has 2 unspecified atom stereocenters. The molecule has 1 heterocycles. The summed E-state index contributed by atoms with van der Waals surface area (Å²) in [5.41, 5.74) is 6.51. The van der Waals surface area contributed by atoms with Crippen molar-refractivity contribution in [2.75, 3.05) is 27.2 Å². The number of methoxy groups -OCH3 is 1. The minimum atomic E-state index is -0.404. The molecule has 7 aromatic rings. The minimum Gasteiger partial charge on any atom is -0.489 e. The van der Waals surface area contributed by atoms with Gasteiger partial charge in [-0.1, -0.05) is 116 Å². The summed E-state index contributed by atoms with van der Waals surface area (Å²) in [5, 5.41) is 6.78. The van der Waals surface area contributed by atoms with Gasteiger partial charge in [0, 0.05) is 13.1 Å². The lowest BCUT2D eigenvalue weighted by atomic mass is 9.91. The molecule has 0 radical (unpaired) electrons. The SMILES string of the molecule is [C-]#[N+]c1ccc2ccc(C)cc2c1.[C-]#[N+]c1ccc2ccc(CC(C(=O)OC)c3ccc(OC4CCN(C)C4)cc3)cc2c1.[C-]#[N+]c1ccc2ccc(CC)cc2c1. The second-order valence-electron chi connectivity index (χ2n) is 14.6. The van der Waals surface area contributed by atoms with Gasteiger partial charge >= 0.3 is 5.97 Å². The Balaban J connectivity index is 0.000000172. The molecule has 8 rings (SSSR count). The number of carbonyl (C=O) groups is 1. The average Bonchev–Trinajstić information content (AvgIpc) is 3.68. The van der Waals surface area contributed by atoms with Crippen LogP contribution < -0.4 is 4.74 Å². The van der Waals surface area contributed by atoms with E-state index in [0.29, 0.717) is 23.5 Å². The quantitative estimate of drug-likeness (QED) is 0.120. The fraction of sp³-hybridized carbons (Fsp3) is 0.216. The summed E-state index contributed by atoms with van der Waals surface area (Å²) in [6, 6.07) is 43.8.